The van der Waals surface area contributed by atoms with Gasteiger partial charge < -0.3 is 19.7 Å². The molecule has 21 heavy (non-hydrogen) atoms. The summed E-state index contributed by atoms with van der Waals surface area (Å²) in [5.74, 6) is 0.997. The summed E-state index contributed by atoms with van der Waals surface area (Å²) in [5, 5.41) is 3.54. The Balaban J connectivity index is 1.99. The van der Waals surface area contributed by atoms with E-state index in [9.17, 15) is 0 Å². The number of nitrogens with zero attached hydrogens (tertiary/aromatic N) is 2. The maximum absolute atomic E-state index is 5.18. The maximum atomic E-state index is 5.18. The first-order valence-corrected chi connectivity index (χ1v) is 7.67. The second-order valence-corrected chi connectivity index (χ2v) is 5.54. The number of hydrogen-bond acceptors (Lipinski definition) is 5. The third kappa shape index (κ3) is 5.26. The lowest BCUT2D eigenvalue weighted by atomic mass is 10.2. The van der Waals surface area contributed by atoms with E-state index in [1.807, 2.05) is 0 Å². The highest BCUT2D eigenvalue weighted by atomic mass is 16.5. The van der Waals surface area contributed by atoms with E-state index < -0.39 is 0 Å². The van der Waals surface area contributed by atoms with Crippen LogP contribution < -0.4 is 10.2 Å². The molecule has 5 heteroatoms. The predicted octanol–water partition coefficient (Wildman–Crippen LogP) is 1.74. The number of rotatable bonds is 10. The van der Waals surface area contributed by atoms with Crippen molar-refractivity contribution in [1.29, 1.82) is 0 Å². The quantitative estimate of drug-likeness (QED) is 0.712. The van der Waals surface area contributed by atoms with Crippen LogP contribution in [0.25, 0.3) is 0 Å². The first-order chi connectivity index (χ1) is 10.2. The number of aryl methyl sites for hydroxylation is 1. The summed E-state index contributed by atoms with van der Waals surface area (Å²) in [6.07, 6.45) is 2.62. The van der Waals surface area contributed by atoms with Crippen molar-refractivity contribution in [3.8, 4) is 0 Å². The molecule has 0 radical (unpaired) electrons. The molecule has 0 amide bonds. The van der Waals surface area contributed by atoms with Crippen LogP contribution in [-0.2, 0) is 16.0 Å². The number of hydrogen-bond donors (Lipinski definition) is 1. The summed E-state index contributed by atoms with van der Waals surface area (Å²) in [5.41, 5.74) is 2.38. The lowest BCUT2D eigenvalue weighted by Gasteiger charge is -2.24. The van der Waals surface area contributed by atoms with E-state index in [0.29, 0.717) is 13.2 Å². The average molecular weight is 293 g/mol. The van der Waals surface area contributed by atoms with Crippen molar-refractivity contribution in [3.63, 3.8) is 0 Å². The van der Waals surface area contributed by atoms with Crippen molar-refractivity contribution in [2.75, 3.05) is 45.4 Å². The van der Waals surface area contributed by atoms with E-state index in [4.69, 9.17) is 14.5 Å². The summed E-state index contributed by atoms with van der Waals surface area (Å²) in [6, 6.07) is 5.01. The standard InChI is InChI=1S/C16H27N3O2/c1-13-14(12-17-15-5-6-15)4-7-16(18-13)19(8-10-20-2)9-11-21-3/h4,7,15,17H,5-6,8-12H2,1-3H3. The molecule has 1 saturated carbocycles. The minimum atomic E-state index is 0.690. The molecule has 1 aliphatic carbocycles. The van der Waals surface area contributed by atoms with Gasteiger partial charge in [-0.05, 0) is 31.4 Å². The summed E-state index contributed by atoms with van der Waals surface area (Å²) in [4.78, 5) is 6.96. The minimum Gasteiger partial charge on any atom is -0.383 e. The normalized spacial score (nSPS) is 14.4. The molecule has 1 aliphatic rings. The molecule has 2 rings (SSSR count). The van der Waals surface area contributed by atoms with Crippen LogP contribution in [0.3, 0.4) is 0 Å². The fourth-order valence-electron chi connectivity index (χ4n) is 2.23. The molecule has 1 aromatic heterocycles. The topological polar surface area (TPSA) is 46.6 Å². The summed E-state index contributed by atoms with van der Waals surface area (Å²) in [6.45, 7) is 6.03. The average Bonchev–Trinajstić information content (AvgIpc) is 3.30. The van der Waals surface area contributed by atoms with E-state index in [2.05, 4.69) is 29.3 Å². The first-order valence-electron chi connectivity index (χ1n) is 7.67. The van der Waals surface area contributed by atoms with E-state index in [1.54, 1.807) is 14.2 Å². The molecule has 0 spiro atoms. The van der Waals surface area contributed by atoms with Crippen LogP contribution in [0.2, 0.25) is 0 Å². The zero-order valence-corrected chi connectivity index (χ0v) is 13.4. The van der Waals surface area contributed by atoms with Crippen molar-refractivity contribution >= 4 is 5.82 Å². The summed E-state index contributed by atoms with van der Waals surface area (Å²) < 4.78 is 10.4. The van der Waals surface area contributed by atoms with Crippen molar-refractivity contribution in [2.45, 2.75) is 32.4 Å². The molecule has 0 aromatic carbocycles. The molecule has 1 aromatic rings. The molecule has 0 unspecified atom stereocenters. The van der Waals surface area contributed by atoms with Crippen LogP contribution in [0.1, 0.15) is 24.1 Å². The van der Waals surface area contributed by atoms with Gasteiger partial charge >= 0.3 is 0 Å². The Labute approximate surface area is 127 Å². The highest BCUT2D eigenvalue weighted by Gasteiger charge is 2.20. The second kappa shape index (κ2) is 8.32. The molecule has 0 atom stereocenters. The van der Waals surface area contributed by atoms with Crippen LogP contribution in [0.4, 0.5) is 5.82 Å². The lowest BCUT2D eigenvalue weighted by molar-refractivity contribution is 0.190. The van der Waals surface area contributed by atoms with Gasteiger partial charge in [0.1, 0.15) is 5.82 Å². The Hall–Kier alpha value is -1.17. The highest BCUT2D eigenvalue weighted by Crippen LogP contribution is 2.20. The van der Waals surface area contributed by atoms with Gasteiger partial charge in [-0.2, -0.15) is 0 Å². The van der Waals surface area contributed by atoms with Gasteiger partial charge in [-0.1, -0.05) is 6.07 Å². The van der Waals surface area contributed by atoms with Crippen LogP contribution in [-0.4, -0.2) is 51.5 Å². The Kier molecular flexibility index (Phi) is 6.42. The van der Waals surface area contributed by atoms with Gasteiger partial charge in [0, 0.05) is 45.6 Å². The molecule has 0 bridgehead atoms. The first kappa shape index (κ1) is 16.2. The van der Waals surface area contributed by atoms with Crippen molar-refractivity contribution < 1.29 is 9.47 Å². The van der Waals surface area contributed by atoms with E-state index >= 15 is 0 Å². The van der Waals surface area contributed by atoms with E-state index in [1.165, 1.54) is 18.4 Å². The van der Waals surface area contributed by atoms with Crippen LogP contribution in [0.5, 0.6) is 0 Å². The monoisotopic (exact) mass is 293 g/mol. The SMILES string of the molecule is COCCN(CCOC)c1ccc(CNC2CC2)c(C)n1. The Bertz CT molecular complexity index is 428. The largest absolute Gasteiger partial charge is 0.383 e. The highest BCUT2D eigenvalue weighted by molar-refractivity contribution is 5.41. The zero-order chi connectivity index (χ0) is 15.1. The predicted molar refractivity (Wildman–Crippen MR) is 84.8 cm³/mol. The van der Waals surface area contributed by atoms with Crippen molar-refractivity contribution in [2.24, 2.45) is 0 Å². The van der Waals surface area contributed by atoms with Gasteiger partial charge in [-0.3, -0.25) is 0 Å². The number of aromatic nitrogens is 1. The number of pyridine rings is 1. The van der Waals surface area contributed by atoms with E-state index in [-0.39, 0.29) is 0 Å². The Morgan fingerprint density at radius 3 is 2.38 bits per heavy atom. The fourth-order valence-corrected chi connectivity index (χ4v) is 2.23. The fraction of sp³-hybridized carbons (Fsp3) is 0.688. The van der Waals surface area contributed by atoms with Crippen molar-refractivity contribution in [3.05, 3.63) is 23.4 Å². The zero-order valence-electron chi connectivity index (χ0n) is 13.4. The minimum absolute atomic E-state index is 0.690. The number of anilines is 1. The van der Waals surface area contributed by atoms with Gasteiger partial charge in [-0.25, -0.2) is 4.98 Å². The third-order valence-corrected chi connectivity index (χ3v) is 3.79. The molecule has 0 aliphatic heterocycles. The van der Waals surface area contributed by atoms with Crippen LogP contribution >= 0.6 is 0 Å². The van der Waals surface area contributed by atoms with Gasteiger partial charge in [0.2, 0.25) is 0 Å². The number of methoxy groups -OCH3 is 2. The molecule has 118 valence electrons. The second-order valence-electron chi connectivity index (χ2n) is 5.54. The van der Waals surface area contributed by atoms with Crippen LogP contribution in [0, 0.1) is 6.92 Å². The van der Waals surface area contributed by atoms with Crippen molar-refractivity contribution in [1.82, 2.24) is 10.3 Å². The lowest BCUT2D eigenvalue weighted by Crippen LogP contribution is -2.31. The molecule has 0 saturated heterocycles. The Morgan fingerprint density at radius 1 is 1.19 bits per heavy atom. The molecular formula is C16H27N3O2. The molecule has 1 fully saturated rings. The van der Waals surface area contributed by atoms with Gasteiger partial charge in [0.25, 0.3) is 0 Å². The smallest absolute Gasteiger partial charge is 0.128 e. The Morgan fingerprint density at radius 2 is 1.86 bits per heavy atom. The maximum Gasteiger partial charge on any atom is 0.128 e. The number of nitrogens with one attached hydrogen (secondary N) is 1. The summed E-state index contributed by atoms with van der Waals surface area (Å²) >= 11 is 0. The number of ether oxygens (including phenoxy) is 2. The molecular weight excluding hydrogens is 266 g/mol. The van der Waals surface area contributed by atoms with Gasteiger partial charge in [0.15, 0.2) is 0 Å². The summed E-state index contributed by atoms with van der Waals surface area (Å²) in [7, 11) is 3.44. The molecule has 5 nitrogen and oxygen atoms in total. The third-order valence-electron chi connectivity index (χ3n) is 3.79. The van der Waals surface area contributed by atoms with E-state index in [0.717, 1.165) is 37.2 Å². The van der Waals surface area contributed by atoms with Gasteiger partial charge in [0.05, 0.1) is 13.2 Å². The molecule has 1 heterocycles. The molecule has 1 N–H and O–H groups in total. The van der Waals surface area contributed by atoms with Crippen LogP contribution in [0.15, 0.2) is 12.1 Å². The van der Waals surface area contributed by atoms with Gasteiger partial charge in [-0.15, -0.1) is 0 Å².